The molecule has 1 unspecified atom stereocenters. The topological polar surface area (TPSA) is 62.3 Å². The number of thiazole rings is 1. The number of hydrogen-bond acceptors (Lipinski definition) is 4. The molecule has 0 radical (unpaired) electrons. The quantitative estimate of drug-likeness (QED) is 0.339. The second kappa shape index (κ2) is 10.6. The van der Waals surface area contributed by atoms with Crippen molar-refractivity contribution in [3.63, 3.8) is 0 Å². The van der Waals surface area contributed by atoms with E-state index in [-0.39, 0.29) is 36.0 Å². The number of alkyl halides is 3. The first-order valence-corrected chi connectivity index (χ1v) is 13.8. The molecule has 5 nitrogen and oxygen atoms in total. The Bertz CT molecular complexity index is 1320. The van der Waals surface area contributed by atoms with Gasteiger partial charge < -0.3 is 10.2 Å². The van der Waals surface area contributed by atoms with Gasteiger partial charge in [0, 0.05) is 35.1 Å². The largest absolute Gasteiger partial charge is 0.416 e. The first-order valence-electron chi connectivity index (χ1n) is 12.2. The van der Waals surface area contributed by atoms with Crippen LogP contribution >= 0.6 is 27.3 Å². The van der Waals surface area contributed by atoms with Crippen molar-refractivity contribution in [1.29, 1.82) is 0 Å². The van der Waals surface area contributed by atoms with Crippen LogP contribution in [0.15, 0.2) is 53.0 Å². The maximum atomic E-state index is 13.8. The third-order valence-corrected chi connectivity index (χ3v) is 8.46. The molecule has 2 aromatic carbocycles. The number of halogens is 4. The minimum atomic E-state index is -4.48. The van der Waals surface area contributed by atoms with Crippen molar-refractivity contribution in [1.82, 2.24) is 15.2 Å². The van der Waals surface area contributed by atoms with Crippen LogP contribution in [0, 0.1) is 0 Å². The number of likely N-dealkylation sites (tertiary alicyclic amines) is 1. The molecule has 1 aromatic heterocycles. The fraction of sp³-hybridized carbons (Fsp3) is 0.370. The van der Waals surface area contributed by atoms with Gasteiger partial charge in [-0.05, 0) is 68.0 Å². The van der Waals surface area contributed by atoms with Gasteiger partial charge in [0.05, 0.1) is 15.4 Å². The fourth-order valence-electron chi connectivity index (χ4n) is 4.58. The molecule has 0 bridgehead atoms. The lowest BCUT2D eigenvalue weighted by molar-refractivity contribution is -0.137. The molecule has 3 aromatic rings. The first kappa shape index (κ1) is 25.9. The Kier molecular flexibility index (Phi) is 7.40. The van der Waals surface area contributed by atoms with E-state index in [2.05, 4.69) is 26.2 Å². The lowest BCUT2D eigenvalue weighted by Gasteiger charge is -2.35. The van der Waals surface area contributed by atoms with Crippen LogP contribution in [0.1, 0.15) is 69.4 Å². The maximum Gasteiger partial charge on any atom is 0.416 e. The van der Waals surface area contributed by atoms with E-state index in [0.717, 1.165) is 53.7 Å². The maximum absolute atomic E-state index is 13.8. The number of nitrogens with zero attached hydrogens (tertiary/aromatic N) is 2. The molecule has 1 atom stereocenters. The number of amides is 2. The number of carbonyl (C=O) groups is 2. The van der Waals surface area contributed by atoms with E-state index in [1.807, 2.05) is 6.07 Å². The van der Waals surface area contributed by atoms with Crippen LogP contribution in [0.4, 0.5) is 13.2 Å². The lowest BCUT2D eigenvalue weighted by atomic mass is 10.0. The molecule has 1 saturated heterocycles. The Balaban J connectivity index is 1.40. The minimum absolute atomic E-state index is 0.205. The van der Waals surface area contributed by atoms with Crippen molar-refractivity contribution in [2.24, 2.45) is 0 Å². The molecular weight excluding hydrogens is 567 g/mol. The molecule has 194 valence electrons. The Morgan fingerprint density at radius 2 is 1.86 bits per heavy atom. The lowest BCUT2D eigenvalue weighted by Crippen LogP contribution is -2.49. The van der Waals surface area contributed by atoms with E-state index in [4.69, 9.17) is 0 Å². The molecule has 5 rings (SSSR count). The normalized spacial score (nSPS) is 18.1. The summed E-state index contributed by atoms with van der Waals surface area (Å²) in [4.78, 5) is 33.4. The second-order valence-corrected chi connectivity index (χ2v) is 11.4. The van der Waals surface area contributed by atoms with Gasteiger partial charge in [0.2, 0.25) is 0 Å². The van der Waals surface area contributed by atoms with Crippen LogP contribution in [0.3, 0.4) is 0 Å². The van der Waals surface area contributed by atoms with Gasteiger partial charge in [-0.15, -0.1) is 11.3 Å². The molecule has 1 aliphatic heterocycles. The zero-order valence-electron chi connectivity index (χ0n) is 19.9. The third kappa shape index (κ3) is 5.90. The fourth-order valence-corrected chi connectivity index (χ4v) is 6.20. The number of rotatable bonds is 6. The molecule has 2 amide bonds. The number of aromatic nitrogens is 1. The number of benzene rings is 2. The Labute approximate surface area is 225 Å². The Morgan fingerprint density at radius 3 is 2.59 bits per heavy atom. The zero-order valence-corrected chi connectivity index (χ0v) is 22.3. The molecule has 1 saturated carbocycles. The van der Waals surface area contributed by atoms with E-state index in [1.165, 1.54) is 17.4 Å². The predicted octanol–water partition coefficient (Wildman–Crippen LogP) is 6.89. The van der Waals surface area contributed by atoms with Crippen LogP contribution in [0.25, 0.3) is 10.4 Å². The van der Waals surface area contributed by atoms with Gasteiger partial charge >= 0.3 is 6.18 Å². The van der Waals surface area contributed by atoms with Crippen LogP contribution in [0.2, 0.25) is 0 Å². The van der Waals surface area contributed by atoms with Crippen molar-refractivity contribution in [3.05, 3.63) is 74.8 Å². The number of piperidine rings is 1. The molecule has 2 aliphatic rings. The smallest absolute Gasteiger partial charge is 0.350 e. The first-order chi connectivity index (χ1) is 17.7. The summed E-state index contributed by atoms with van der Waals surface area (Å²) in [5, 5.41) is 3.74. The van der Waals surface area contributed by atoms with Crippen molar-refractivity contribution in [2.75, 3.05) is 13.1 Å². The zero-order chi connectivity index (χ0) is 26.2. The van der Waals surface area contributed by atoms with Crippen molar-refractivity contribution in [2.45, 2.75) is 50.2 Å². The van der Waals surface area contributed by atoms with Gasteiger partial charge in [0.1, 0.15) is 5.69 Å². The van der Waals surface area contributed by atoms with Gasteiger partial charge in [-0.1, -0.05) is 34.1 Å². The van der Waals surface area contributed by atoms with Gasteiger partial charge in [0.15, 0.2) is 0 Å². The molecule has 1 aliphatic carbocycles. The summed E-state index contributed by atoms with van der Waals surface area (Å²) in [5.41, 5.74) is 0.315. The van der Waals surface area contributed by atoms with Crippen molar-refractivity contribution >= 4 is 39.1 Å². The molecule has 37 heavy (non-hydrogen) atoms. The van der Waals surface area contributed by atoms with Crippen LogP contribution in [0.5, 0.6) is 0 Å². The summed E-state index contributed by atoms with van der Waals surface area (Å²) in [7, 11) is 0. The summed E-state index contributed by atoms with van der Waals surface area (Å²) >= 11 is 4.68. The minimum Gasteiger partial charge on any atom is -0.350 e. The monoisotopic (exact) mass is 591 g/mol. The summed E-state index contributed by atoms with van der Waals surface area (Å²) < 4.78 is 41.0. The predicted molar refractivity (Wildman–Crippen MR) is 140 cm³/mol. The Hall–Kier alpha value is -2.72. The average Bonchev–Trinajstić information content (AvgIpc) is 3.64. The van der Waals surface area contributed by atoms with Crippen molar-refractivity contribution in [3.8, 4) is 10.4 Å². The summed E-state index contributed by atoms with van der Waals surface area (Å²) in [6.45, 7) is 0.796. The second-order valence-electron chi connectivity index (χ2n) is 9.45. The summed E-state index contributed by atoms with van der Waals surface area (Å²) in [5.74, 6) is -0.261. The molecule has 10 heteroatoms. The molecule has 2 fully saturated rings. The summed E-state index contributed by atoms with van der Waals surface area (Å²) in [6.07, 6.45) is -0.0710. The molecule has 0 spiro atoms. The van der Waals surface area contributed by atoms with Crippen LogP contribution in [-0.2, 0) is 6.18 Å². The molecule has 1 N–H and O–H groups in total. The van der Waals surface area contributed by atoms with Gasteiger partial charge in [-0.25, -0.2) is 4.98 Å². The third-order valence-electron chi connectivity index (χ3n) is 6.70. The van der Waals surface area contributed by atoms with E-state index in [9.17, 15) is 22.8 Å². The van der Waals surface area contributed by atoms with Crippen molar-refractivity contribution < 1.29 is 22.8 Å². The highest BCUT2D eigenvalue weighted by atomic mass is 79.9. The Morgan fingerprint density at radius 1 is 1.08 bits per heavy atom. The van der Waals surface area contributed by atoms with Gasteiger partial charge in [-0.2, -0.15) is 13.2 Å². The van der Waals surface area contributed by atoms with Crippen LogP contribution in [-0.4, -0.2) is 40.8 Å². The van der Waals surface area contributed by atoms with Gasteiger partial charge in [0.25, 0.3) is 11.8 Å². The number of hydrogen-bond donors (Lipinski definition) is 1. The number of carbonyl (C=O) groups excluding carboxylic acids is 2. The number of nitrogens with one attached hydrogen (secondary N) is 1. The SMILES string of the molecule is O=C(NCC1CCCCN1C(=O)c1nc(C2CC2)sc1-c1cccc(C(F)(F)F)c1)c1cccc(Br)c1. The standard InChI is InChI=1S/C27H25BrF3N3O2S/c28-20-8-4-6-18(14-20)24(35)32-15-21-9-1-2-12-34(21)26(36)22-23(37-25(33-22)16-10-11-16)17-5-3-7-19(13-17)27(29,30)31/h3-8,13-14,16,21H,1-2,9-12,15H2,(H,32,35). The van der Waals surface area contributed by atoms with E-state index in [1.54, 1.807) is 29.2 Å². The molecule has 2 heterocycles. The highest BCUT2D eigenvalue weighted by molar-refractivity contribution is 9.10. The highest BCUT2D eigenvalue weighted by Gasteiger charge is 2.36. The van der Waals surface area contributed by atoms with E-state index in [0.29, 0.717) is 22.5 Å². The average molecular weight is 592 g/mol. The van der Waals surface area contributed by atoms with E-state index < -0.39 is 11.7 Å². The van der Waals surface area contributed by atoms with E-state index >= 15 is 0 Å². The van der Waals surface area contributed by atoms with Crippen LogP contribution < -0.4 is 5.32 Å². The highest BCUT2D eigenvalue weighted by Crippen LogP contribution is 2.45. The van der Waals surface area contributed by atoms with Gasteiger partial charge in [-0.3, -0.25) is 9.59 Å². The molecular formula is C27H25BrF3N3O2S. The summed E-state index contributed by atoms with van der Waals surface area (Å²) in [6, 6.07) is 11.9.